The van der Waals surface area contributed by atoms with E-state index in [2.05, 4.69) is 15.0 Å². The van der Waals surface area contributed by atoms with Crippen LogP contribution in [0.15, 0.2) is 41.3 Å². The van der Waals surface area contributed by atoms with Gasteiger partial charge in [0, 0.05) is 25.3 Å². The number of nitrogens with one attached hydrogen (secondary N) is 2. The van der Waals surface area contributed by atoms with Crippen LogP contribution in [0.3, 0.4) is 0 Å². The lowest BCUT2D eigenvalue weighted by Crippen LogP contribution is -2.40. The maximum absolute atomic E-state index is 13.2. The van der Waals surface area contributed by atoms with E-state index in [0.717, 1.165) is 16.4 Å². The monoisotopic (exact) mass is 492 g/mol. The van der Waals surface area contributed by atoms with Crippen molar-refractivity contribution in [3.8, 4) is 5.75 Å². The molecule has 0 aliphatic heterocycles. The summed E-state index contributed by atoms with van der Waals surface area (Å²) in [6.45, 7) is 0.858. The van der Waals surface area contributed by atoms with Crippen LogP contribution in [0.2, 0.25) is 0 Å². The molecule has 2 heterocycles. The Hall–Kier alpha value is -3.35. The van der Waals surface area contributed by atoms with Crippen LogP contribution in [0.25, 0.3) is 11.0 Å². The number of hydrogen-bond donors (Lipinski definition) is 4. The Morgan fingerprint density at radius 1 is 1.24 bits per heavy atom. The lowest BCUT2D eigenvalue weighted by atomic mass is 10.1. The first-order valence-corrected chi connectivity index (χ1v) is 12.2. The van der Waals surface area contributed by atoms with Crippen LogP contribution in [0.5, 0.6) is 5.75 Å². The summed E-state index contributed by atoms with van der Waals surface area (Å²) in [7, 11) is -3.53. The molecule has 34 heavy (non-hydrogen) atoms. The van der Waals surface area contributed by atoms with E-state index in [1.807, 2.05) is 0 Å². The number of aromatic hydroxyl groups is 1. The number of fused-ring (bicyclic) bond motifs is 1. The third-order valence-corrected chi connectivity index (χ3v) is 5.76. The van der Waals surface area contributed by atoms with Crippen LogP contribution in [0, 0.1) is 5.82 Å². The number of halogens is 1. The molecular weight excluding hydrogens is 467 g/mol. The number of hydrogen-bond acceptors (Lipinski definition) is 7. The molecule has 0 radical (unpaired) electrons. The van der Waals surface area contributed by atoms with Crippen molar-refractivity contribution in [2.24, 2.45) is 0 Å². The molecule has 3 aromatic rings. The van der Waals surface area contributed by atoms with E-state index in [1.165, 1.54) is 25.3 Å². The fraction of sp³-hybridized carbons (Fsp3) is 0.318. The quantitative estimate of drug-likeness (QED) is 0.339. The lowest BCUT2D eigenvalue weighted by Gasteiger charge is -2.17. The second kappa shape index (κ2) is 10.3. The highest BCUT2D eigenvalue weighted by Gasteiger charge is 2.24. The van der Waals surface area contributed by atoms with Gasteiger partial charge in [0.15, 0.2) is 5.75 Å². The maximum atomic E-state index is 13.2. The van der Waals surface area contributed by atoms with Gasteiger partial charge in [0.1, 0.15) is 16.9 Å². The van der Waals surface area contributed by atoms with Crippen LogP contribution in [-0.4, -0.2) is 59.5 Å². The van der Waals surface area contributed by atoms with Crippen molar-refractivity contribution in [2.75, 3.05) is 19.4 Å². The van der Waals surface area contributed by atoms with Gasteiger partial charge in [0.25, 0.3) is 11.5 Å². The van der Waals surface area contributed by atoms with Gasteiger partial charge in [0.2, 0.25) is 10.0 Å². The van der Waals surface area contributed by atoms with Crippen LogP contribution in [0.1, 0.15) is 28.4 Å². The predicted molar refractivity (Wildman–Crippen MR) is 124 cm³/mol. The molecule has 1 amide bonds. The highest BCUT2D eigenvalue weighted by atomic mass is 32.2. The van der Waals surface area contributed by atoms with Crippen molar-refractivity contribution in [1.29, 1.82) is 0 Å². The summed E-state index contributed by atoms with van der Waals surface area (Å²) in [5.41, 5.74) is 0.199. The van der Waals surface area contributed by atoms with Gasteiger partial charge in [-0.15, -0.1) is 0 Å². The molecule has 0 bridgehead atoms. The largest absolute Gasteiger partial charge is 0.505 e. The summed E-state index contributed by atoms with van der Waals surface area (Å²) in [6, 6.07) is 6.78. The van der Waals surface area contributed by atoms with Crippen molar-refractivity contribution >= 4 is 27.0 Å². The molecule has 12 heteroatoms. The number of rotatable bonds is 9. The minimum atomic E-state index is -3.53. The first-order chi connectivity index (χ1) is 16.0. The summed E-state index contributed by atoms with van der Waals surface area (Å²) >= 11 is 0. The summed E-state index contributed by atoms with van der Waals surface area (Å²) < 4.78 is 39.6. The van der Waals surface area contributed by atoms with Crippen molar-refractivity contribution < 1.29 is 27.8 Å². The number of benzene rings is 1. The molecule has 4 N–H and O–H groups in total. The van der Waals surface area contributed by atoms with Gasteiger partial charge < -0.3 is 20.1 Å². The number of aliphatic hydroxyl groups is 1. The summed E-state index contributed by atoms with van der Waals surface area (Å²) in [5.74, 6) is -1.89. The Balaban J connectivity index is 2.11. The van der Waals surface area contributed by atoms with Crippen molar-refractivity contribution in [3.05, 3.63) is 69.4 Å². The number of amides is 1. The fourth-order valence-electron chi connectivity index (χ4n) is 3.39. The molecule has 0 spiro atoms. The molecule has 2 aromatic heterocycles. The van der Waals surface area contributed by atoms with Crippen molar-refractivity contribution in [2.45, 2.75) is 25.9 Å². The van der Waals surface area contributed by atoms with Crippen LogP contribution in [0.4, 0.5) is 4.39 Å². The van der Waals surface area contributed by atoms with Gasteiger partial charge in [-0.2, -0.15) is 0 Å². The Morgan fingerprint density at radius 3 is 2.53 bits per heavy atom. The molecule has 0 aliphatic carbocycles. The van der Waals surface area contributed by atoms with Gasteiger partial charge in [0.05, 0.1) is 18.4 Å². The SMILES string of the molecule is CC(CO)NC(=O)c1c(O)c2ncc(Cc3ccc(F)cc3)cc2n(CCNS(C)(=O)=O)c1=O. The average molecular weight is 493 g/mol. The van der Waals surface area contributed by atoms with Gasteiger partial charge in [-0.05, 0) is 42.7 Å². The molecule has 0 saturated heterocycles. The van der Waals surface area contributed by atoms with E-state index in [4.69, 9.17) is 0 Å². The Labute approximate surface area is 195 Å². The van der Waals surface area contributed by atoms with Gasteiger partial charge in [-0.3, -0.25) is 14.6 Å². The smallest absolute Gasteiger partial charge is 0.267 e. The molecule has 0 saturated carbocycles. The second-order valence-corrected chi connectivity index (χ2v) is 9.75. The van der Waals surface area contributed by atoms with Crippen molar-refractivity contribution in [1.82, 2.24) is 19.6 Å². The predicted octanol–water partition coefficient (Wildman–Crippen LogP) is 0.492. The van der Waals surface area contributed by atoms with E-state index in [0.29, 0.717) is 12.0 Å². The minimum Gasteiger partial charge on any atom is -0.505 e. The van der Waals surface area contributed by atoms with E-state index >= 15 is 0 Å². The highest BCUT2D eigenvalue weighted by Crippen LogP contribution is 2.26. The number of aliphatic hydroxyl groups excluding tert-OH is 1. The molecule has 3 rings (SSSR count). The summed E-state index contributed by atoms with van der Waals surface area (Å²) in [6.07, 6.45) is 2.80. The molecule has 1 unspecified atom stereocenters. The van der Waals surface area contributed by atoms with E-state index < -0.39 is 38.8 Å². The Bertz CT molecular complexity index is 1370. The number of carbonyl (C=O) groups is 1. The molecule has 0 fully saturated rings. The lowest BCUT2D eigenvalue weighted by molar-refractivity contribution is 0.0917. The average Bonchev–Trinajstić information content (AvgIpc) is 2.76. The normalized spacial score (nSPS) is 12.6. The van der Waals surface area contributed by atoms with E-state index in [-0.39, 0.29) is 36.5 Å². The Morgan fingerprint density at radius 2 is 1.91 bits per heavy atom. The zero-order valence-corrected chi connectivity index (χ0v) is 19.4. The van der Waals surface area contributed by atoms with Crippen LogP contribution >= 0.6 is 0 Å². The molecule has 10 nitrogen and oxygen atoms in total. The van der Waals surface area contributed by atoms with E-state index in [9.17, 15) is 32.6 Å². The first kappa shape index (κ1) is 25.3. The molecular formula is C22H25FN4O6S. The number of carbonyl (C=O) groups excluding carboxylic acids is 1. The number of sulfonamides is 1. The van der Waals surface area contributed by atoms with Crippen molar-refractivity contribution in [3.63, 3.8) is 0 Å². The Kier molecular flexibility index (Phi) is 7.64. The van der Waals surface area contributed by atoms with E-state index in [1.54, 1.807) is 18.2 Å². The summed E-state index contributed by atoms with van der Waals surface area (Å²) in [5, 5.41) is 22.3. The molecule has 182 valence electrons. The topological polar surface area (TPSA) is 151 Å². The molecule has 0 aliphatic rings. The number of pyridine rings is 2. The van der Waals surface area contributed by atoms with Gasteiger partial charge in [-0.1, -0.05) is 12.1 Å². The zero-order valence-electron chi connectivity index (χ0n) is 18.6. The third kappa shape index (κ3) is 5.95. The van der Waals surface area contributed by atoms with Gasteiger partial charge >= 0.3 is 0 Å². The number of nitrogens with zero attached hydrogens (tertiary/aromatic N) is 2. The van der Waals surface area contributed by atoms with Crippen LogP contribution in [-0.2, 0) is 23.0 Å². The second-order valence-electron chi connectivity index (χ2n) is 7.92. The minimum absolute atomic E-state index is 0.0244. The highest BCUT2D eigenvalue weighted by molar-refractivity contribution is 7.88. The molecule has 1 aromatic carbocycles. The standard InChI is InChI=1S/C22H25FN4O6S/c1-13(12-28)26-21(30)18-20(29)19-17(27(22(18)31)8-7-25-34(2,32)33)10-15(11-24-19)9-14-3-5-16(23)6-4-14/h3-6,10-11,13,25,28-29H,7-9,12H2,1-2H3,(H,26,30). The first-order valence-electron chi connectivity index (χ1n) is 10.4. The zero-order chi connectivity index (χ0) is 25.0. The van der Waals surface area contributed by atoms with Crippen LogP contribution < -0.4 is 15.6 Å². The fourth-order valence-corrected chi connectivity index (χ4v) is 3.85. The molecule has 1 atom stereocenters. The third-order valence-electron chi connectivity index (χ3n) is 5.03. The maximum Gasteiger partial charge on any atom is 0.267 e. The van der Waals surface area contributed by atoms with Gasteiger partial charge in [-0.25, -0.2) is 17.5 Å². The number of aromatic nitrogens is 2. The summed E-state index contributed by atoms with van der Waals surface area (Å²) in [4.78, 5) is 30.1.